The number of nitrogens with zero attached hydrogens (tertiary/aromatic N) is 1. The average Bonchev–Trinajstić information content (AvgIpc) is 2.71. The van der Waals surface area contributed by atoms with Crippen LogP contribution in [-0.2, 0) is 30.3 Å². The van der Waals surface area contributed by atoms with Crippen molar-refractivity contribution >= 4 is 18.2 Å². The second kappa shape index (κ2) is 11.0. The van der Waals surface area contributed by atoms with Crippen molar-refractivity contribution in [3.8, 4) is 0 Å². The van der Waals surface area contributed by atoms with Crippen LogP contribution >= 0.6 is 0 Å². The van der Waals surface area contributed by atoms with Gasteiger partial charge in [-0.3, -0.25) is 0 Å². The third-order valence-corrected chi connectivity index (χ3v) is 3.72. The molecule has 2 amide bonds. The maximum absolute atomic E-state index is 12.0. The second-order valence-corrected chi connectivity index (χ2v) is 5.69. The minimum Gasteiger partial charge on any atom is -0.464 e. The monoisotopic (exact) mass is 380 g/mol. The summed E-state index contributed by atoms with van der Waals surface area (Å²) < 4.78 is 20.3. The van der Waals surface area contributed by atoms with Gasteiger partial charge in [-0.05, 0) is 12.5 Å². The average molecular weight is 380 g/mol. The van der Waals surface area contributed by atoms with Gasteiger partial charge in [0, 0.05) is 13.1 Å². The van der Waals surface area contributed by atoms with Crippen LogP contribution in [-0.4, -0.2) is 68.6 Å². The molecule has 0 bridgehead atoms. The van der Waals surface area contributed by atoms with Crippen LogP contribution in [0.2, 0.25) is 0 Å². The second-order valence-electron chi connectivity index (χ2n) is 5.69. The van der Waals surface area contributed by atoms with Gasteiger partial charge in [0.25, 0.3) is 0 Å². The zero-order chi connectivity index (χ0) is 19.5. The zero-order valence-corrected chi connectivity index (χ0v) is 15.2. The first-order valence-electron chi connectivity index (χ1n) is 8.73. The molecule has 0 radical (unpaired) electrons. The molecule has 1 heterocycles. The number of carbonyl (C=O) groups excluding carboxylic acids is 3. The first-order valence-corrected chi connectivity index (χ1v) is 8.73. The highest BCUT2D eigenvalue weighted by Gasteiger charge is 2.26. The number of benzene rings is 1. The van der Waals surface area contributed by atoms with Crippen molar-refractivity contribution in [2.75, 3.05) is 39.5 Å². The summed E-state index contributed by atoms with van der Waals surface area (Å²) in [4.78, 5) is 37.5. The first-order chi connectivity index (χ1) is 13.1. The fraction of sp³-hybridized carbons (Fsp3) is 0.500. The molecule has 0 spiro atoms. The SMILES string of the molecule is CCOC(=O)[C@H](COC(=O)N1CCOCC1)NC(=O)OCc1ccccc1. The van der Waals surface area contributed by atoms with Gasteiger partial charge in [-0.25, -0.2) is 14.4 Å². The third kappa shape index (κ3) is 7.14. The lowest BCUT2D eigenvalue weighted by molar-refractivity contribution is -0.146. The van der Waals surface area contributed by atoms with Crippen LogP contribution in [0.15, 0.2) is 30.3 Å². The van der Waals surface area contributed by atoms with Crippen LogP contribution in [0.1, 0.15) is 12.5 Å². The Labute approximate surface area is 157 Å². The Hall–Kier alpha value is -2.81. The number of ether oxygens (including phenoxy) is 4. The molecule has 9 heteroatoms. The maximum Gasteiger partial charge on any atom is 0.410 e. The number of amides is 2. The molecule has 0 aliphatic carbocycles. The minimum atomic E-state index is -1.15. The summed E-state index contributed by atoms with van der Waals surface area (Å²) >= 11 is 0. The van der Waals surface area contributed by atoms with E-state index in [4.69, 9.17) is 18.9 Å². The van der Waals surface area contributed by atoms with Crippen LogP contribution in [0.25, 0.3) is 0 Å². The molecule has 1 aliphatic heterocycles. The third-order valence-electron chi connectivity index (χ3n) is 3.72. The molecule has 0 unspecified atom stereocenters. The standard InChI is InChI=1S/C18H24N2O7/c1-2-25-16(21)15(13-27-18(23)20-8-10-24-11-9-20)19-17(22)26-12-14-6-4-3-5-7-14/h3-7,15H,2,8-13H2,1H3,(H,19,22)/t15-/m0/s1. The smallest absolute Gasteiger partial charge is 0.410 e. The van der Waals surface area contributed by atoms with Crippen LogP contribution < -0.4 is 5.32 Å². The highest BCUT2D eigenvalue weighted by molar-refractivity contribution is 5.82. The number of rotatable bonds is 7. The lowest BCUT2D eigenvalue weighted by atomic mass is 10.2. The van der Waals surface area contributed by atoms with Crippen molar-refractivity contribution < 1.29 is 33.3 Å². The number of hydrogen-bond acceptors (Lipinski definition) is 7. The zero-order valence-electron chi connectivity index (χ0n) is 15.2. The predicted octanol–water partition coefficient (Wildman–Crippen LogP) is 1.31. The number of alkyl carbamates (subject to hydrolysis) is 1. The number of nitrogens with one attached hydrogen (secondary N) is 1. The van der Waals surface area contributed by atoms with Crippen molar-refractivity contribution in [3.05, 3.63) is 35.9 Å². The molecule has 27 heavy (non-hydrogen) atoms. The van der Waals surface area contributed by atoms with Crippen molar-refractivity contribution in [2.24, 2.45) is 0 Å². The summed E-state index contributed by atoms with van der Waals surface area (Å²) in [7, 11) is 0. The van der Waals surface area contributed by atoms with Crippen molar-refractivity contribution in [2.45, 2.75) is 19.6 Å². The van der Waals surface area contributed by atoms with Crippen molar-refractivity contribution in [1.29, 1.82) is 0 Å². The molecule has 0 aromatic heterocycles. The largest absolute Gasteiger partial charge is 0.464 e. The summed E-state index contributed by atoms with van der Waals surface area (Å²) in [5.74, 6) is -0.705. The van der Waals surface area contributed by atoms with Crippen LogP contribution in [0.4, 0.5) is 9.59 Å². The van der Waals surface area contributed by atoms with E-state index >= 15 is 0 Å². The Balaban J connectivity index is 1.84. The Morgan fingerprint density at radius 2 is 1.81 bits per heavy atom. The molecule has 1 N–H and O–H groups in total. The van der Waals surface area contributed by atoms with Gasteiger partial charge in [-0.1, -0.05) is 30.3 Å². The molecule has 1 fully saturated rings. The number of carbonyl (C=O) groups is 3. The summed E-state index contributed by atoms with van der Waals surface area (Å²) in [6.45, 7) is 3.16. The molecule has 1 aromatic carbocycles. The van der Waals surface area contributed by atoms with E-state index in [-0.39, 0.29) is 19.8 Å². The molecule has 1 aromatic rings. The number of morpholine rings is 1. The highest BCUT2D eigenvalue weighted by Crippen LogP contribution is 2.03. The lowest BCUT2D eigenvalue weighted by Crippen LogP contribution is -2.47. The van der Waals surface area contributed by atoms with Crippen LogP contribution in [0.3, 0.4) is 0 Å². The van der Waals surface area contributed by atoms with Gasteiger partial charge >= 0.3 is 18.2 Å². The Morgan fingerprint density at radius 1 is 1.11 bits per heavy atom. The van der Waals surface area contributed by atoms with E-state index in [1.54, 1.807) is 19.1 Å². The summed E-state index contributed by atoms with van der Waals surface area (Å²) in [5.41, 5.74) is 0.805. The van der Waals surface area contributed by atoms with Gasteiger partial charge < -0.3 is 29.2 Å². The van der Waals surface area contributed by atoms with Gasteiger partial charge in [-0.15, -0.1) is 0 Å². The van der Waals surface area contributed by atoms with Gasteiger partial charge in [0.2, 0.25) is 0 Å². The Morgan fingerprint density at radius 3 is 2.48 bits per heavy atom. The molecular formula is C18H24N2O7. The molecular weight excluding hydrogens is 356 g/mol. The summed E-state index contributed by atoms with van der Waals surface area (Å²) in [5, 5.41) is 2.37. The van der Waals surface area contributed by atoms with E-state index in [0.717, 1.165) is 5.56 Å². The molecule has 148 valence electrons. The number of esters is 1. The van der Waals surface area contributed by atoms with Crippen molar-refractivity contribution in [1.82, 2.24) is 10.2 Å². The first kappa shape index (κ1) is 20.5. The Kier molecular flexibility index (Phi) is 8.37. The van der Waals surface area contributed by atoms with E-state index in [2.05, 4.69) is 5.32 Å². The van der Waals surface area contributed by atoms with Crippen LogP contribution in [0.5, 0.6) is 0 Å². The highest BCUT2D eigenvalue weighted by atomic mass is 16.6. The molecule has 2 rings (SSSR count). The fourth-order valence-electron chi connectivity index (χ4n) is 2.31. The van der Waals surface area contributed by atoms with E-state index in [1.165, 1.54) is 4.90 Å². The maximum atomic E-state index is 12.0. The fourth-order valence-corrected chi connectivity index (χ4v) is 2.31. The molecule has 1 atom stereocenters. The predicted molar refractivity (Wildman–Crippen MR) is 93.9 cm³/mol. The van der Waals surface area contributed by atoms with E-state index < -0.39 is 24.2 Å². The summed E-state index contributed by atoms with van der Waals surface area (Å²) in [6, 6.07) is 7.95. The Bertz CT molecular complexity index is 617. The van der Waals surface area contributed by atoms with Crippen LogP contribution in [0, 0.1) is 0 Å². The number of hydrogen-bond donors (Lipinski definition) is 1. The minimum absolute atomic E-state index is 0.0514. The van der Waals surface area contributed by atoms with Crippen molar-refractivity contribution in [3.63, 3.8) is 0 Å². The topological polar surface area (TPSA) is 103 Å². The van der Waals surface area contributed by atoms with Gasteiger partial charge in [0.1, 0.15) is 13.2 Å². The molecule has 1 aliphatic rings. The summed E-state index contributed by atoms with van der Waals surface area (Å²) in [6.07, 6.45) is -1.38. The van der Waals surface area contributed by atoms with Gasteiger partial charge in [0.05, 0.1) is 19.8 Å². The van der Waals surface area contributed by atoms with Gasteiger partial charge in [-0.2, -0.15) is 0 Å². The van der Waals surface area contributed by atoms with E-state index in [0.29, 0.717) is 26.3 Å². The molecule has 9 nitrogen and oxygen atoms in total. The van der Waals surface area contributed by atoms with E-state index in [9.17, 15) is 14.4 Å². The van der Waals surface area contributed by atoms with E-state index in [1.807, 2.05) is 18.2 Å². The lowest BCUT2D eigenvalue weighted by Gasteiger charge is -2.26. The normalized spacial score (nSPS) is 14.8. The van der Waals surface area contributed by atoms with Gasteiger partial charge in [0.15, 0.2) is 6.04 Å². The molecule has 1 saturated heterocycles. The molecule has 0 saturated carbocycles. The quantitative estimate of drug-likeness (QED) is 0.562.